The molecule has 4 heteroatoms. The molecule has 10 aromatic carbocycles. The molecule has 4 nitrogen and oxygen atoms in total. The van der Waals surface area contributed by atoms with Crippen LogP contribution in [0.15, 0.2) is 227 Å². The van der Waals surface area contributed by atoms with E-state index in [1.165, 1.54) is 44.1 Å². The van der Waals surface area contributed by atoms with Crippen LogP contribution in [0.1, 0.15) is 11.1 Å². The van der Waals surface area contributed by atoms with Crippen LogP contribution >= 0.6 is 0 Å². The molecule has 0 spiro atoms. The number of fused-ring (bicyclic) bond motifs is 9. The van der Waals surface area contributed by atoms with Crippen molar-refractivity contribution < 1.29 is 8.83 Å². The fourth-order valence-electron chi connectivity index (χ4n) is 10.5. The van der Waals surface area contributed by atoms with Gasteiger partial charge in [-0.05, 0) is 132 Å². The van der Waals surface area contributed by atoms with Gasteiger partial charge in [-0.1, -0.05) is 140 Å². The molecule has 0 fully saturated rings. The number of anilines is 3. The van der Waals surface area contributed by atoms with E-state index in [1.54, 1.807) is 0 Å². The molecule has 0 saturated carbocycles. The fourth-order valence-corrected chi connectivity index (χ4v) is 10.5. The van der Waals surface area contributed by atoms with Crippen LogP contribution in [0.4, 0.5) is 17.1 Å². The monoisotopic (exact) mass is 846 g/mol. The third-order valence-electron chi connectivity index (χ3n) is 13.4. The first-order chi connectivity index (χ1) is 32.6. The lowest BCUT2D eigenvalue weighted by Crippen LogP contribution is -2.12. The minimum atomic E-state index is 0.850. The van der Waals surface area contributed by atoms with Gasteiger partial charge in [0, 0.05) is 49.6 Å². The minimum absolute atomic E-state index is 0.850. The molecule has 0 bridgehead atoms. The summed E-state index contributed by atoms with van der Waals surface area (Å²) in [7, 11) is 0. The van der Waals surface area contributed by atoms with E-state index in [-0.39, 0.29) is 0 Å². The molecule has 13 aromatic rings. The number of nitrogens with zero attached hydrogens (tertiary/aromatic N) is 2. The molecule has 0 aliphatic heterocycles. The summed E-state index contributed by atoms with van der Waals surface area (Å²) in [6.07, 6.45) is 0. The van der Waals surface area contributed by atoms with Gasteiger partial charge in [0.1, 0.15) is 22.3 Å². The Bertz CT molecular complexity index is 3980. The second-order valence-corrected chi connectivity index (χ2v) is 17.3. The van der Waals surface area contributed by atoms with E-state index in [9.17, 15) is 0 Å². The Hall–Kier alpha value is -8.60. The van der Waals surface area contributed by atoms with E-state index in [0.29, 0.717) is 0 Å². The van der Waals surface area contributed by atoms with E-state index in [4.69, 9.17) is 8.83 Å². The van der Waals surface area contributed by atoms with Crippen LogP contribution in [0.2, 0.25) is 0 Å². The number of aromatic nitrogens is 1. The Kier molecular flexibility index (Phi) is 8.62. The van der Waals surface area contributed by atoms with Gasteiger partial charge in [0.2, 0.25) is 0 Å². The van der Waals surface area contributed by atoms with Gasteiger partial charge in [-0.2, -0.15) is 0 Å². The summed E-state index contributed by atoms with van der Waals surface area (Å²) in [6, 6.07) is 78.2. The Morgan fingerprint density at radius 3 is 1.71 bits per heavy atom. The number of para-hydroxylation sites is 4. The van der Waals surface area contributed by atoms with Gasteiger partial charge in [-0.15, -0.1) is 0 Å². The average Bonchev–Trinajstić information content (AvgIpc) is 4.05. The highest BCUT2D eigenvalue weighted by Gasteiger charge is 2.25. The molecule has 3 aromatic heterocycles. The van der Waals surface area contributed by atoms with Crippen LogP contribution in [0.3, 0.4) is 0 Å². The predicted molar refractivity (Wildman–Crippen MR) is 276 cm³/mol. The fraction of sp³-hybridized carbons (Fsp3) is 0.0323. The summed E-state index contributed by atoms with van der Waals surface area (Å²) >= 11 is 0. The summed E-state index contributed by atoms with van der Waals surface area (Å²) in [6.45, 7) is 4.44. The molecular formula is C62H42N2O2. The molecule has 66 heavy (non-hydrogen) atoms. The maximum absolute atomic E-state index is 7.01. The largest absolute Gasteiger partial charge is 0.456 e. The van der Waals surface area contributed by atoms with Crippen molar-refractivity contribution in [2.24, 2.45) is 0 Å². The van der Waals surface area contributed by atoms with Gasteiger partial charge in [0.15, 0.2) is 0 Å². The van der Waals surface area contributed by atoms with Crippen LogP contribution in [0.25, 0.3) is 105 Å². The maximum Gasteiger partial charge on any atom is 0.145 e. The molecule has 0 unspecified atom stereocenters. The maximum atomic E-state index is 7.01. The summed E-state index contributed by atoms with van der Waals surface area (Å²) in [5.74, 6) is 0. The zero-order chi connectivity index (χ0) is 43.9. The second-order valence-electron chi connectivity index (χ2n) is 17.3. The number of rotatable bonds is 7. The summed E-state index contributed by atoms with van der Waals surface area (Å²) in [5.41, 5.74) is 19.3. The van der Waals surface area contributed by atoms with Gasteiger partial charge in [0.05, 0.1) is 22.1 Å². The first-order valence-electron chi connectivity index (χ1n) is 22.6. The summed E-state index contributed by atoms with van der Waals surface area (Å²) in [4.78, 5) is 2.43. The van der Waals surface area contributed by atoms with Gasteiger partial charge >= 0.3 is 0 Å². The van der Waals surface area contributed by atoms with Gasteiger partial charge < -0.3 is 18.3 Å². The first kappa shape index (κ1) is 37.9. The van der Waals surface area contributed by atoms with Crippen molar-refractivity contribution in [3.8, 4) is 39.1 Å². The SMILES string of the molecule is Cc1cc(N(c2ccc(-c3ccccc3)cc2C)c2ccc(-c3cccc(-n4c5ccccc5c5ccccc54)c3)c3oc4ccccc4c23)ccc1-c1cccc2oc3ccccc3c12. The Morgan fingerprint density at radius 1 is 0.364 bits per heavy atom. The Balaban J connectivity index is 1.02. The van der Waals surface area contributed by atoms with Crippen LogP contribution < -0.4 is 4.90 Å². The molecule has 0 aliphatic carbocycles. The highest BCUT2D eigenvalue weighted by Crippen LogP contribution is 2.48. The lowest BCUT2D eigenvalue weighted by molar-refractivity contribution is 0.669. The van der Waals surface area contributed by atoms with Gasteiger partial charge in [-0.3, -0.25) is 0 Å². The minimum Gasteiger partial charge on any atom is -0.456 e. The summed E-state index contributed by atoms with van der Waals surface area (Å²) in [5, 5.41) is 6.87. The quantitative estimate of drug-likeness (QED) is 0.160. The molecule has 0 N–H and O–H groups in total. The third kappa shape index (κ3) is 5.92. The van der Waals surface area contributed by atoms with Crippen LogP contribution in [0.5, 0.6) is 0 Å². The molecule has 0 saturated heterocycles. The van der Waals surface area contributed by atoms with Crippen molar-refractivity contribution in [2.75, 3.05) is 4.90 Å². The van der Waals surface area contributed by atoms with Crippen molar-refractivity contribution in [3.05, 3.63) is 230 Å². The van der Waals surface area contributed by atoms with Crippen LogP contribution in [0, 0.1) is 13.8 Å². The normalized spacial score (nSPS) is 11.8. The van der Waals surface area contributed by atoms with Crippen molar-refractivity contribution in [2.45, 2.75) is 13.8 Å². The zero-order valence-corrected chi connectivity index (χ0v) is 36.5. The first-order valence-corrected chi connectivity index (χ1v) is 22.6. The molecule has 0 aliphatic rings. The van der Waals surface area contributed by atoms with Crippen molar-refractivity contribution >= 4 is 82.7 Å². The molecular weight excluding hydrogens is 805 g/mol. The molecule has 0 radical (unpaired) electrons. The number of furan rings is 2. The van der Waals surface area contributed by atoms with E-state index >= 15 is 0 Å². The number of aryl methyl sites for hydroxylation is 2. The zero-order valence-electron chi connectivity index (χ0n) is 36.5. The van der Waals surface area contributed by atoms with Crippen molar-refractivity contribution in [1.29, 1.82) is 0 Å². The van der Waals surface area contributed by atoms with Crippen molar-refractivity contribution in [1.82, 2.24) is 4.57 Å². The number of benzene rings is 10. The standard InChI is InChI=1S/C62H42N2O2/c1-39-37-45(31-32-46(39)50-24-15-29-59-60(50)51-22-8-12-27-57(51)65-59)63(53-34-30-42(36-40(53)2)41-16-4-3-5-17-41)56-35-33-47(62-61(56)52-23-9-13-28-58(52)66-62)43-18-14-19-44(38-43)64-54-25-10-6-20-48(54)49-21-7-11-26-55(49)64/h3-38H,1-2H3. The third-order valence-corrected chi connectivity index (χ3v) is 13.4. The predicted octanol–water partition coefficient (Wildman–Crippen LogP) is 17.7. The summed E-state index contributed by atoms with van der Waals surface area (Å²) < 4.78 is 15.7. The smallest absolute Gasteiger partial charge is 0.145 e. The molecule has 0 amide bonds. The lowest BCUT2D eigenvalue weighted by atomic mass is 9.94. The van der Waals surface area contributed by atoms with E-state index < -0.39 is 0 Å². The highest BCUT2D eigenvalue weighted by atomic mass is 16.3. The van der Waals surface area contributed by atoms with Crippen LogP contribution in [-0.4, -0.2) is 4.57 Å². The lowest BCUT2D eigenvalue weighted by Gasteiger charge is -2.29. The Morgan fingerprint density at radius 2 is 0.970 bits per heavy atom. The van der Waals surface area contributed by atoms with E-state index in [2.05, 4.69) is 230 Å². The average molecular weight is 847 g/mol. The molecule has 13 rings (SSSR count). The van der Waals surface area contributed by atoms with Gasteiger partial charge in [0.25, 0.3) is 0 Å². The van der Waals surface area contributed by atoms with E-state index in [1.807, 2.05) is 12.1 Å². The number of hydrogen-bond acceptors (Lipinski definition) is 3. The molecule has 3 heterocycles. The van der Waals surface area contributed by atoms with Crippen molar-refractivity contribution in [3.63, 3.8) is 0 Å². The van der Waals surface area contributed by atoms with Crippen LogP contribution in [-0.2, 0) is 0 Å². The van der Waals surface area contributed by atoms with E-state index in [0.717, 1.165) is 88.9 Å². The highest BCUT2D eigenvalue weighted by molar-refractivity contribution is 6.18. The molecule has 312 valence electrons. The number of hydrogen-bond donors (Lipinski definition) is 0. The van der Waals surface area contributed by atoms with Gasteiger partial charge in [-0.25, -0.2) is 0 Å². The molecule has 0 atom stereocenters. The second kappa shape index (κ2) is 15.0. The topological polar surface area (TPSA) is 34.5 Å². The Labute approximate surface area is 381 Å².